The summed E-state index contributed by atoms with van der Waals surface area (Å²) < 4.78 is 0. The van der Waals surface area contributed by atoms with Crippen molar-refractivity contribution in [1.82, 2.24) is 0 Å². The highest BCUT2D eigenvalue weighted by atomic mass is 16.3. The molecule has 2 atom stereocenters. The first-order chi connectivity index (χ1) is 13.6. The summed E-state index contributed by atoms with van der Waals surface area (Å²) in [4.78, 5) is 0. The van der Waals surface area contributed by atoms with E-state index in [0.29, 0.717) is 5.92 Å². The van der Waals surface area contributed by atoms with Crippen molar-refractivity contribution in [3.63, 3.8) is 0 Å². The van der Waals surface area contributed by atoms with Crippen LogP contribution in [0.25, 0.3) is 0 Å². The number of rotatable bonds is 16. The average molecular weight is 398 g/mol. The highest BCUT2D eigenvalue weighted by molar-refractivity contribution is 4.89. The van der Waals surface area contributed by atoms with Crippen molar-refractivity contribution in [2.24, 2.45) is 11.7 Å². The highest BCUT2D eigenvalue weighted by Gasteiger charge is 2.36. The molecule has 2 heteroatoms. The van der Waals surface area contributed by atoms with Crippen LogP contribution in [0.5, 0.6) is 0 Å². The summed E-state index contributed by atoms with van der Waals surface area (Å²) in [6, 6.07) is 0. The molecule has 0 bridgehead atoms. The minimum atomic E-state index is -0.303. The van der Waals surface area contributed by atoms with Gasteiger partial charge in [-0.1, -0.05) is 117 Å². The lowest BCUT2D eigenvalue weighted by Crippen LogP contribution is -2.40. The Kier molecular flexibility index (Phi) is 20.1. The first-order valence-electron chi connectivity index (χ1n) is 13.1. The van der Waals surface area contributed by atoms with E-state index >= 15 is 0 Å². The molecular weight excluding hydrogens is 342 g/mol. The molecule has 0 spiro atoms. The fourth-order valence-corrected chi connectivity index (χ4v) is 4.80. The average Bonchev–Trinajstić information content (AvgIpc) is 2.69. The first-order valence-corrected chi connectivity index (χ1v) is 13.1. The van der Waals surface area contributed by atoms with E-state index in [1.54, 1.807) is 0 Å². The minimum absolute atomic E-state index is 0.303. The molecule has 0 aliphatic heterocycles. The zero-order valence-corrected chi connectivity index (χ0v) is 20.0. The number of aliphatic hydroxyl groups is 1. The Morgan fingerprint density at radius 3 is 1.71 bits per heavy atom. The molecule has 2 unspecified atom stereocenters. The molecule has 1 aliphatic rings. The second-order valence-electron chi connectivity index (χ2n) is 9.26. The summed E-state index contributed by atoms with van der Waals surface area (Å²) in [5.41, 5.74) is 5.15. The molecule has 0 amide bonds. The quantitative estimate of drug-likeness (QED) is 0.258. The Morgan fingerprint density at radius 2 is 1.25 bits per heavy atom. The molecule has 3 N–H and O–H groups in total. The molecule has 1 fully saturated rings. The van der Waals surface area contributed by atoms with Crippen LogP contribution >= 0.6 is 0 Å². The van der Waals surface area contributed by atoms with Gasteiger partial charge >= 0.3 is 0 Å². The van der Waals surface area contributed by atoms with Gasteiger partial charge in [0, 0.05) is 0 Å². The molecule has 1 rings (SSSR count). The monoisotopic (exact) mass is 397 g/mol. The maximum absolute atomic E-state index is 10.5. The van der Waals surface area contributed by atoms with Crippen LogP contribution in [-0.2, 0) is 0 Å². The summed E-state index contributed by atoms with van der Waals surface area (Å²) >= 11 is 0. The van der Waals surface area contributed by atoms with Gasteiger partial charge in [-0.05, 0) is 44.6 Å². The van der Waals surface area contributed by atoms with Crippen molar-refractivity contribution in [1.29, 1.82) is 0 Å². The Hall–Kier alpha value is -0.0800. The lowest BCUT2D eigenvalue weighted by molar-refractivity contribution is -0.0585. The summed E-state index contributed by atoms with van der Waals surface area (Å²) in [5.74, 6) is 0.589. The van der Waals surface area contributed by atoms with Crippen molar-refractivity contribution in [3.8, 4) is 0 Å². The third kappa shape index (κ3) is 14.9. The molecule has 28 heavy (non-hydrogen) atoms. The van der Waals surface area contributed by atoms with Crippen molar-refractivity contribution in [2.45, 2.75) is 155 Å². The summed E-state index contributed by atoms with van der Waals surface area (Å²) in [6.07, 6.45) is 26.3. The van der Waals surface area contributed by atoms with Crippen LogP contribution in [0.4, 0.5) is 0 Å². The van der Waals surface area contributed by atoms with Crippen molar-refractivity contribution in [3.05, 3.63) is 0 Å². The second kappa shape index (κ2) is 20.2. The van der Waals surface area contributed by atoms with E-state index in [9.17, 15) is 5.11 Å². The molecular formula is C26H55NO. The standard InChI is InChI=1S/C14H31N.C12H24O/c1-2-3-4-5-6-7-8-9-10-11-12-13-14-15;1-3-7-11-8-5-6-10-12(11,13)9-4-2/h2-15H2,1H3;11,13H,3-10H2,1-2H3. The fourth-order valence-electron chi connectivity index (χ4n) is 4.80. The molecule has 1 aliphatic carbocycles. The molecule has 170 valence electrons. The van der Waals surface area contributed by atoms with Gasteiger partial charge in [-0.2, -0.15) is 0 Å². The van der Waals surface area contributed by atoms with Gasteiger partial charge in [-0.25, -0.2) is 0 Å². The van der Waals surface area contributed by atoms with Crippen molar-refractivity contribution in [2.75, 3.05) is 6.54 Å². The van der Waals surface area contributed by atoms with Crippen molar-refractivity contribution < 1.29 is 5.11 Å². The molecule has 0 aromatic rings. The number of nitrogens with two attached hydrogens (primary N) is 1. The number of hydrogen-bond acceptors (Lipinski definition) is 2. The van der Waals surface area contributed by atoms with E-state index in [0.717, 1.165) is 25.8 Å². The van der Waals surface area contributed by atoms with Crippen molar-refractivity contribution >= 4 is 0 Å². The predicted octanol–water partition coefficient (Wildman–Crippen LogP) is 8.15. The van der Waals surface area contributed by atoms with E-state index < -0.39 is 0 Å². The maximum Gasteiger partial charge on any atom is 0.0675 e. The zero-order valence-electron chi connectivity index (χ0n) is 20.0. The normalized spacial score (nSPS) is 22.0. The second-order valence-corrected chi connectivity index (χ2v) is 9.26. The Bertz CT molecular complexity index is 289. The van der Waals surface area contributed by atoms with E-state index in [-0.39, 0.29) is 5.60 Å². The van der Waals surface area contributed by atoms with Crippen LogP contribution in [0.1, 0.15) is 149 Å². The zero-order chi connectivity index (χ0) is 20.9. The van der Waals surface area contributed by atoms with Crippen LogP contribution in [-0.4, -0.2) is 17.3 Å². The lowest BCUT2D eigenvalue weighted by Gasteiger charge is -2.40. The minimum Gasteiger partial charge on any atom is -0.390 e. The van der Waals surface area contributed by atoms with Gasteiger partial charge in [-0.15, -0.1) is 0 Å². The van der Waals surface area contributed by atoms with Gasteiger partial charge < -0.3 is 10.8 Å². The van der Waals surface area contributed by atoms with Crippen LogP contribution in [0.15, 0.2) is 0 Å². The lowest BCUT2D eigenvalue weighted by atomic mass is 9.71. The largest absolute Gasteiger partial charge is 0.390 e. The van der Waals surface area contributed by atoms with Gasteiger partial charge in [0.2, 0.25) is 0 Å². The Labute approximate surface area is 178 Å². The molecule has 0 saturated heterocycles. The van der Waals surface area contributed by atoms with Crippen LogP contribution < -0.4 is 5.73 Å². The van der Waals surface area contributed by atoms with Gasteiger partial charge in [0.15, 0.2) is 0 Å². The predicted molar refractivity (Wildman–Crippen MR) is 127 cm³/mol. The molecule has 0 radical (unpaired) electrons. The molecule has 2 nitrogen and oxygen atoms in total. The molecule has 0 aromatic heterocycles. The first kappa shape index (κ1) is 27.9. The molecule has 0 heterocycles. The third-order valence-corrected chi connectivity index (χ3v) is 6.55. The highest BCUT2D eigenvalue weighted by Crippen LogP contribution is 2.39. The maximum atomic E-state index is 10.5. The number of hydrogen-bond donors (Lipinski definition) is 2. The van der Waals surface area contributed by atoms with Crippen LogP contribution in [0.2, 0.25) is 0 Å². The Balaban J connectivity index is 0.000000525. The van der Waals surface area contributed by atoms with E-state index in [1.807, 2.05) is 0 Å². The summed E-state index contributed by atoms with van der Waals surface area (Å²) in [7, 11) is 0. The van der Waals surface area contributed by atoms with Gasteiger partial charge in [0.05, 0.1) is 5.60 Å². The topological polar surface area (TPSA) is 46.2 Å². The summed E-state index contributed by atoms with van der Waals surface area (Å²) in [6.45, 7) is 7.55. The van der Waals surface area contributed by atoms with E-state index in [2.05, 4.69) is 20.8 Å². The van der Waals surface area contributed by atoms with E-state index in [4.69, 9.17) is 5.73 Å². The fraction of sp³-hybridized carbons (Fsp3) is 1.00. The Morgan fingerprint density at radius 1 is 0.714 bits per heavy atom. The third-order valence-electron chi connectivity index (χ3n) is 6.55. The number of unbranched alkanes of at least 4 members (excludes halogenated alkanes) is 11. The van der Waals surface area contributed by atoms with Crippen LogP contribution in [0, 0.1) is 5.92 Å². The van der Waals surface area contributed by atoms with Gasteiger partial charge in [0.1, 0.15) is 0 Å². The van der Waals surface area contributed by atoms with E-state index in [1.165, 1.54) is 109 Å². The smallest absolute Gasteiger partial charge is 0.0675 e. The van der Waals surface area contributed by atoms with Crippen LogP contribution in [0.3, 0.4) is 0 Å². The SMILES string of the molecule is CCCC1CCCCC1(O)CCC.CCCCCCCCCCCCCCN. The van der Waals surface area contributed by atoms with Gasteiger partial charge in [-0.3, -0.25) is 0 Å². The van der Waals surface area contributed by atoms with Gasteiger partial charge in [0.25, 0.3) is 0 Å². The summed E-state index contributed by atoms with van der Waals surface area (Å²) in [5, 5.41) is 10.5. The molecule has 0 aromatic carbocycles. The molecule has 1 saturated carbocycles.